The van der Waals surface area contributed by atoms with Crippen LogP contribution in [0.5, 0.6) is 5.75 Å². The Morgan fingerprint density at radius 3 is 2.88 bits per heavy atom. The van der Waals surface area contributed by atoms with Gasteiger partial charge in [0, 0.05) is 24.1 Å². The monoisotopic (exact) mass is 375 g/mol. The quantitative estimate of drug-likeness (QED) is 0.838. The number of halogens is 1. The van der Waals surface area contributed by atoms with E-state index in [4.69, 9.17) is 25.8 Å². The van der Waals surface area contributed by atoms with E-state index in [2.05, 4.69) is 5.32 Å². The van der Waals surface area contributed by atoms with Gasteiger partial charge in [-0.3, -0.25) is 4.79 Å². The summed E-state index contributed by atoms with van der Waals surface area (Å²) < 4.78 is 16.8. The Bertz CT molecular complexity index is 759. The first-order chi connectivity index (χ1) is 12.7. The van der Waals surface area contributed by atoms with Crippen LogP contribution >= 0.6 is 11.6 Å². The van der Waals surface area contributed by atoms with Gasteiger partial charge < -0.3 is 19.5 Å². The zero-order valence-electron chi connectivity index (χ0n) is 14.7. The molecule has 138 valence electrons. The number of ether oxygens (including phenoxy) is 3. The molecule has 0 aliphatic carbocycles. The first-order valence-electron chi connectivity index (χ1n) is 8.61. The van der Waals surface area contributed by atoms with E-state index in [0.29, 0.717) is 42.8 Å². The summed E-state index contributed by atoms with van der Waals surface area (Å²) in [6.07, 6.45) is 0.834. The molecule has 2 aromatic carbocycles. The number of nitrogens with one attached hydrogen (secondary N) is 1. The summed E-state index contributed by atoms with van der Waals surface area (Å²) >= 11 is 6.25. The molecule has 1 unspecified atom stereocenters. The summed E-state index contributed by atoms with van der Waals surface area (Å²) in [5.41, 5.74) is 2.40. The lowest BCUT2D eigenvalue weighted by Gasteiger charge is -2.22. The third-order valence-corrected chi connectivity index (χ3v) is 4.37. The third kappa shape index (κ3) is 4.97. The Morgan fingerprint density at radius 2 is 2.12 bits per heavy atom. The Balaban J connectivity index is 1.70. The predicted molar refractivity (Wildman–Crippen MR) is 101 cm³/mol. The van der Waals surface area contributed by atoms with Crippen LogP contribution < -0.4 is 10.1 Å². The highest BCUT2D eigenvalue weighted by Gasteiger charge is 2.14. The van der Waals surface area contributed by atoms with Crippen molar-refractivity contribution < 1.29 is 19.0 Å². The Labute approximate surface area is 158 Å². The van der Waals surface area contributed by atoms with E-state index in [0.717, 1.165) is 17.5 Å². The van der Waals surface area contributed by atoms with Gasteiger partial charge in [-0.15, -0.1) is 0 Å². The summed E-state index contributed by atoms with van der Waals surface area (Å²) in [7, 11) is 1.61. The maximum atomic E-state index is 11.8. The second kappa shape index (κ2) is 9.03. The van der Waals surface area contributed by atoms with E-state index in [1.165, 1.54) is 0 Å². The largest absolute Gasteiger partial charge is 0.493 e. The van der Waals surface area contributed by atoms with Crippen LogP contribution in [0.25, 0.3) is 11.1 Å². The molecule has 26 heavy (non-hydrogen) atoms. The predicted octanol–water partition coefficient (Wildman–Crippen LogP) is 3.55. The zero-order chi connectivity index (χ0) is 18.4. The highest BCUT2D eigenvalue weighted by molar-refractivity contribution is 6.31. The van der Waals surface area contributed by atoms with Crippen molar-refractivity contribution >= 4 is 17.5 Å². The minimum absolute atomic E-state index is 0.0756. The normalized spacial score (nSPS) is 16.9. The van der Waals surface area contributed by atoms with Crippen molar-refractivity contribution in [1.29, 1.82) is 0 Å². The van der Waals surface area contributed by atoms with Gasteiger partial charge in [0.1, 0.15) is 5.75 Å². The maximum Gasteiger partial charge on any atom is 0.251 e. The van der Waals surface area contributed by atoms with E-state index in [1.807, 2.05) is 30.3 Å². The molecule has 1 amide bonds. The van der Waals surface area contributed by atoms with Gasteiger partial charge in [-0.2, -0.15) is 0 Å². The van der Waals surface area contributed by atoms with E-state index in [1.54, 1.807) is 19.2 Å². The molecule has 0 aromatic heterocycles. The van der Waals surface area contributed by atoms with Crippen LogP contribution in [0.2, 0.25) is 5.02 Å². The van der Waals surface area contributed by atoms with Crippen molar-refractivity contribution in [2.45, 2.75) is 12.5 Å². The molecular formula is C20H22ClNO4. The minimum atomic E-state index is -0.125. The second-order valence-electron chi connectivity index (χ2n) is 6.04. The van der Waals surface area contributed by atoms with Crippen molar-refractivity contribution in [3.8, 4) is 16.9 Å². The van der Waals surface area contributed by atoms with Crippen LogP contribution in [0.15, 0.2) is 42.5 Å². The lowest BCUT2D eigenvalue weighted by molar-refractivity contribution is -0.0935. The number of carbonyl (C=O) groups is 1. The smallest absolute Gasteiger partial charge is 0.251 e. The fraction of sp³-hybridized carbons (Fsp3) is 0.350. The standard InChI is InChI=1S/C20H22ClNO4/c1-22-20(23)15-4-2-3-14(9-15)16-10-17(21)12-19(11-16)25-6-5-18-13-24-7-8-26-18/h2-4,9-12,18H,5-8,13H2,1H3,(H,22,23). The highest BCUT2D eigenvalue weighted by atomic mass is 35.5. The van der Waals surface area contributed by atoms with Crippen molar-refractivity contribution in [3.05, 3.63) is 53.1 Å². The SMILES string of the molecule is CNC(=O)c1cccc(-c2cc(Cl)cc(OCCC3COCCO3)c2)c1. The molecule has 1 fully saturated rings. The minimum Gasteiger partial charge on any atom is -0.493 e. The fourth-order valence-corrected chi connectivity index (χ4v) is 3.03. The Morgan fingerprint density at radius 1 is 1.23 bits per heavy atom. The van der Waals surface area contributed by atoms with Crippen LogP contribution in [-0.4, -0.2) is 45.5 Å². The lowest BCUT2D eigenvalue weighted by atomic mass is 10.0. The molecular weight excluding hydrogens is 354 g/mol. The van der Waals surface area contributed by atoms with Crippen molar-refractivity contribution in [2.75, 3.05) is 33.5 Å². The maximum absolute atomic E-state index is 11.8. The van der Waals surface area contributed by atoms with Gasteiger partial charge in [0.05, 0.1) is 32.5 Å². The van der Waals surface area contributed by atoms with Gasteiger partial charge in [-0.05, 0) is 41.5 Å². The fourth-order valence-electron chi connectivity index (χ4n) is 2.81. The molecule has 0 radical (unpaired) electrons. The summed E-state index contributed by atoms with van der Waals surface area (Å²) in [6.45, 7) is 2.42. The Kier molecular flexibility index (Phi) is 6.50. The molecule has 1 aliphatic rings. The number of benzene rings is 2. The molecule has 0 spiro atoms. The van der Waals surface area contributed by atoms with E-state index < -0.39 is 0 Å². The molecule has 1 aliphatic heterocycles. The van der Waals surface area contributed by atoms with Crippen molar-refractivity contribution in [2.24, 2.45) is 0 Å². The number of rotatable bonds is 6. The molecule has 1 saturated heterocycles. The van der Waals surface area contributed by atoms with Gasteiger partial charge in [0.25, 0.3) is 5.91 Å². The summed E-state index contributed by atoms with van der Waals surface area (Å²) in [4.78, 5) is 11.8. The van der Waals surface area contributed by atoms with Crippen LogP contribution in [0, 0.1) is 0 Å². The van der Waals surface area contributed by atoms with Gasteiger partial charge in [-0.1, -0.05) is 23.7 Å². The number of amides is 1. The molecule has 1 heterocycles. The molecule has 0 saturated carbocycles. The highest BCUT2D eigenvalue weighted by Crippen LogP contribution is 2.29. The van der Waals surface area contributed by atoms with E-state index in [9.17, 15) is 4.79 Å². The molecule has 1 N–H and O–H groups in total. The Hall–Kier alpha value is -2.08. The summed E-state index contributed by atoms with van der Waals surface area (Å²) in [6, 6.07) is 13.0. The van der Waals surface area contributed by atoms with Crippen molar-refractivity contribution in [1.82, 2.24) is 5.32 Å². The summed E-state index contributed by atoms with van der Waals surface area (Å²) in [5, 5.41) is 3.21. The second-order valence-corrected chi connectivity index (χ2v) is 6.48. The van der Waals surface area contributed by atoms with Crippen molar-refractivity contribution in [3.63, 3.8) is 0 Å². The molecule has 6 heteroatoms. The molecule has 0 bridgehead atoms. The molecule has 1 atom stereocenters. The topological polar surface area (TPSA) is 56.8 Å². The van der Waals surface area contributed by atoms with Gasteiger partial charge in [-0.25, -0.2) is 0 Å². The summed E-state index contributed by atoms with van der Waals surface area (Å²) in [5.74, 6) is 0.564. The number of hydrogen-bond donors (Lipinski definition) is 1. The number of carbonyl (C=O) groups excluding carboxylic acids is 1. The van der Waals surface area contributed by atoms with Gasteiger partial charge in [0.2, 0.25) is 0 Å². The van der Waals surface area contributed by atoms with E-state index >= 15 is 0 Å². The van der Waals surface area contributed by atoms with Crippen LogP contribution in [0.1, 0.15) is 16.8 Å². The first kappa shape index (κ1) is 18.7. The lowest BCUT2D eigenvalue weighted by Crippen LogP contribution is -2.29. The van der Waals surface area contributed by atoms with Gasteiger partial charge in [0.15, 0.2) is 0 Å². The molecule has 5 nitrogen and oxygen atoms in total. The van der Waals surface area contributed by atoms with Crippen LogP contribution in [0.3, 0.4) is 0 Å². The zero-order valence-corrected chi connectivity index (χ0v) is 15.4. The van der Waals surface area contributed by atoms with E-state index in [-0.39, 0.29) is 12.0 Å². The molecule has 3 rings (SSSR count). The average molecular weight is 376 g/mol. The average Bonchev–Trinajstić information content (AvgIpc) is 2.68. The molecule has 2 aromatic rings. The van der Waals surface area contributed by atoms with Gasteiger partial charge >= 0.3 is 0 Å². The third-order valence-electron chi connectivity index (χ3n) is 4.15. The number of hydrogen-bond acceptors (Lipinski definition) is 4. The van der Waals surface area contributed by atoms with Crippen LogP contribution in [0.4, 0.5) is 0 Å². The van der Waals surface area contributed by atoms with Crippen LogP contribution in [-0.2, 0) is 9.47 Å². The first-order valence-corrected chi connectivity index (χ1v) is 8.99.